The van der Waals surface area contributed by atoms with Crippen molar-refractivity contribution in [3.8, 4) is 0 Å². The van der Waals surface area contributed by atoms with Gasteiger partial charge in [0.05, 0.1) is 5.92 Å². The molecule has 0 fully saturated rings. The Morgan fingerprint density at radius 1 is 1.37 bits per heavy atom. The van der Waals surface area contributed by atoms with Crippen molar-refractivity contribution >= 4 is 17.6 Å². The van der Waals surface area contributed by atoms with Crippen molar-refractivity contribution in [2.24, 2.45) is 5.92 Å². The standard InChI is InChI=1S/C12H21N5O2/c1-9(12(18)19)7-14-11-6-10(15-8-16-11)13-4-5-17(2)3/h6,8-9H,4-5,7H2,1-3H3,(H,18,19)(H2,13,14,15,16). The van der Waals surface area contributed by atoms with Crippen LogP contribution in [0.15, 0.2) is 12.4 Å². The predicted molar refractivity (Wildman–Crippen MR) is 74.4 cm³/mol. The summed E-state index contributed by atoms with van der Waals surface area (Å²) in [6.45, 7) is 3.67. The van der Waals surface area contributed by atoms with E-state index in [1.165, 1.54) is 6.33 Å². The van der Waals surface area contributed by atoms with Crippen molar-refractivity contribution in [1.29, 1.82) is 0 Å². The van der Waals surface area contributed by atoms with Gasteiger partial charge in [-0.2, -0.15) is 0 Å². The molecule has 0 aliphatic heterocycles. The maximum atomic E-state index is 10.7. The van der Waals surface area contributed by atoms with Gasteiger partial charge in [-0.3, -0.25) is 4.79 Å². The molecule has 0 saturated carbocycles. The molecule has 1 unspecified atom stereocenters. The second-order valence-corrected chi connectivity index (χ2v) is 4.64. The van der Waals surface area contributed by atoms with Crippen molar-refractivity contribution in [3.63, 3.8) is 0 Å². The number of nitrogens with zero attached hydrogens (tertiary/aromatic N) is 3. The molecular weight excluding hydrogens is 246 g/mol. The Morgan fingerprint density at radius 3 is 2.58 bits per heavy atom. The molecule has 0 spiro atoms. The van der Waals surface area contributed by atoms with Gasteiger partial charge in [0.15, 0.2) is 0 Å². The van der Waals surface area contributed by atoms with Crippen LogP contribution in [0.3, 0.4) is 0 Å². The average Bonchev–Trinajstić information content (AvgIpc) is 2.36. The Bertz CT molecular complexity index is 411. The number of likely N-dealkylation sites (N-methyl/N-ethyl adjacent to an activating group) is 1. The van der Waals surface area contributed by atoms with Crippen molar-refractivity contribution < 1.29 is 9.90 Å². The van der Waals surface area contributed by atoms with Gasteiger partial charge in [-0.1, -0.05) is 6.92 Å². The van der Waals surface area contributed by atoms with Gasteiger partial charge >= 0.3 is 5.97 Å². The number of anilines is 2. The first kappa shape index (κ1) is 15.2. The normalized spacial score (nSPS) is 12.2. The summed E-state index contributed by atoms with van der Waals surface area (Å²) >= 11 is 0. The zero-order chi connectivity index (χ0) is 14.3. The van der Waals surface area contributed by atoms with E-state index in [2.05, 4.69) is 25.5 Å². The molecule has 0 amide bonds. The van der Waals surface area contributed by atoms with E-state index in [-0.39, 0.29) is 0 Å². The number of carboxylic acid groups (broad SMARTS) is 1. The monoisotopic (exact) mass is 267 g/mol. The van der Waals surface area contributed by atoms with E-state index in [1.807, 2.05) is 14.1 Å². The Hall–Kier alpha value is -1.89. The molecule has 0 bridgehead atoms. The molecule has 3 N–H and O–H groups in total. The molecule has 19 heavy (non-hydrogen) atoms. The minimum absolute atomic E-state index is 0.337. The lowest BCUT2D eigenvalue weighted by Gasteiger charge is -2.12. The molecular formula is C12H21N5O2. The van der Waals surface area contributed by atoms with Gasteiger partial charge in [0, 0.05) is 25.7 Å². The average molecular weight is 267 g/mol. The Kier molecular flexibility index (Phi) is 6.01. The predicted octanol–water partition coefficient (Wildman–Crippen LogP) is 0.583. The minimum Gasteiger partial charge on any atom is -0.481 e. The zero-order valence-corrected chi connectivity index (χ0v) is 11.6. The van der Waals surface area contributed by atoms with Gasteiger partial charge in [0.1, 0.15) is 18.0 Å². The van der Waals surface area contributed by atoms with E-state index in [4.69, 9.17) is 5.11 Å². The van der Waals surface area contributed by atoms with Gasteiger partial charge in [-0.05, 0) is 14.1 Å². The van der Waals surface area contributed by atoms with Crippen LogP contribution in [0.25, 0.3) is 0 Å². The highest BCUT2D eigenvalue weighted by molar-refractivity contribution is 5.70. The van der Waals surface area contributed by atoms with Gasteiger partial charge in [0.2, 0.25) is 0 Å². The van der Waals surface area contributed by atoms with Crippen LogP contribution in [0, 0.1) is 5.92 Å². The van der Waals surface area contributed by atoms with Crippen molar-refractivity contribution in [2.75, 3.05) is 44.4 Å². The summed E-state index contributed by atoms with van der Waals surface area (Å²) in [6.07, 6.45) is 1.45. The maximum absolute atomic E-state index is 10.7. The molecule has 1 aromatic rings. The molecule has 1 heterocycles. The second-order valence-electron chi connectivity index (χ2n) is 4.64. The first-order valence-electron chi connectivity index (χ1n) is 6.16. The zero-order valence-electron chi connectivity index (χ0n) is 11.6. The first-order chi connectivity index (χ1) is 8.99. The first-order valence-corrected chi connectivity index (χ1v) is 6.16. The van der Waals surface area contributed by atoms with Crippen LogP contribution in [0.2, 0.25) is 0 Å². The Balaban J connectivity index is 2.45. The second kappa shape index (κ2) is 7.52. The highest BCUT2D eigenvalue weighted by Gasteiger charge is 2.10. The van der Waals surface area contributed by atoms with Crippen molar-refractivity contribution in [3.05, 3.63) is 12.4 Å². The lowest BCUT2D eigenvalue weighted by molar-refractivity contribution is -0.140. The van der Waals surface area contributed by atoms with E-state index >= 15 is 0 Å². The summed E-state index contributed by atoms with van der Waals surface area (Å²) in [5, 5.41) is 15.0. The summed E-state index contributed by atoms with van der Waals surface area (Å²) in [5.41, 5.74) is 0. The fourth-order valence-corrected chi connectivity index (χ4v) is 1.30. The van der Waals surface area contributed by atoms with Gasteiger partial charge in [-0.25, -0.2) is 9.97 Å². The number of carboxylic acids is 1. The number of aromatic nitrogens is 2. The van der Waals surface area contributed by atoms with Crippen LogP contribution in [0.1, 0.15) is 6.92 Å². The lowest BCUT2D eigenvalue weighted by Crippen LogP contribution is -2.22. The highest BCUT2D eigenvalue weighted by atomic mass is 16.4. The lowest BCUT2D eigenvalue weighted by atomic mass is 10.2. The van der Waals surface area contributed by atoms with E-state index in [0.717, 1.165) is 18.9 Å². The van der Waals surface area contributed by atoms with Gasteiger partial charge in [0.25, 0.3) is 0 Å². The molecule has 1 aromatic heterocycles. The molecule has 0 saturated heterocycles. The van der Waals surface area contributed by atoms with Crippen molar-refractivity contribution in [1.82, 2.24) is 14.9 Å². The maximum Gasteiger partial charge on any atom is 0.308 e. The molecule has 0 aromatic carbocycles. The summed E-state index contributed by atoms with van der Waals surface area (Å²) < 4.78 is 0. The number of carbonyl (C=O) groups is 1. The fourth-order valence-electron chi connectivity index (χ4n) is 1.30. The smallest absolute Gasteiger partial charge is 0.308 e. The minimum atomic E-state index is -0.828. The Morgan fingerprint density at radius 2 is 2.00 bits per heavy atom. The molecule has 106 valence electrons. The third-order valence-electron chi connectivity index (χ3n) is 2.54. The van der Waals surface area contributed by atoms with E-state index in [9.17, 15) is 4.79 Å². The molecule has 0 aliphatic rings. The third kappa shape index (κ3) is 6.01. The van der Waals surface area contributed by atoms with E-state index in [0.29, 0.717) is 12.4 Å². The van der Waals surface area contributed by atoms with Gasteiger partial charge in [-0.15, -0.1) is 0 Å². The quantitative estimate of drug-likeness (QED) is 0.634. The summed E-state index contributed by atoms with van der Waals surface area (Å²) in [7, 11) is 4.00. The highest BCUT2D eigenvalue weighted by Crippen LogP contribution is 2.09. The summed E-state index contributed by atoms with van der Waals surface area (Å²) in [6, 6.07) is 1.77. The number of aliphatic carboxylic acids is 1. The molecule has 1 rings (SSSR count). The van der Waals surface area contributed by atoms with Crippen LogP contribution >= 0.6 is 0 Å². The largest absolute Gasteiger partial charge is 0.481 e. The van der Waals surface area contributed by atoms with Crippen molar-refractivity contribution in [2.45, 2.75) is 6.92 Å². The summed E-state index contributed by atoms with van der Waals surface area (Å²) in [5.74, 6) is 0.0591. The Labute approximate surface area is 113 Å². The molecule has 7 nitrogen and oxygen atoms in total. The molecule has 0 radical (unpaired) electrons. The van der Waals surface area contributed by atoms with Crippen LogP contribution in [-0.4, -0.2) is 59.7 Å². The van der Waals surface area contributed by atoms with Crippen LogP contribution < -0.4 is 10.6 Å². The topological polar surface area (TPSA) is 90.4 Å². The van der Waals surface area contributed by atoms with Gasteiger partial charge < -0.3 is 20.6 Å². The van der Waals surface area contributed by atoms with Crippen LogP contribution in [-0.2, 0) is 4.79 Å². The summed E-state index contributed by atoms with van der Waals surface area (Å²) in [4.78, 5) is 20.9. The van der Waals surface area contributed by atoms with E-state index in [1.54, 1.807) is 13.0 Å². The number of rotatable bonds is 8. The number of nitrogens with one attached hydrogen (secondary N) is 2. The fraction of sp³-hybridized carbons (Fsp3) is 0.583. The van der Waals surface area contributed by atoms with E-state index < -0.39 is 11.9 Å². The molecule has 0 aliphatic carbocycles. The molecule has 1 atom stereocenters. The number of hydrogen-bond donors (Lipinski definition) is 3. The molecule has 7 heteroatoms. The van der Waals surface area contributed by atoms with Crippen LogP contribution in [0.4, 0.5) is 11.6 Å². The third-order valence-corrected chi connectivity index (χ3v) is 2.54. The number of hydrogen-bond acceptors (Lipinski definition) is 6. The van der Waals surface area contributed by atoms with Crippen LogP contribution in [0.5, 0.6) is 0 Å². The SMILES string of the molecule is CC(CNc1cc(NCCN(C)C)ncn1)C(=O)O.